The zero-order valence-corrected chi connectivity index (χ0v) is 26.8. The van der Waals surface area contributed by atoms with E-state index < -0.39 is 64.9 Å². The molecule has 250 valence electrons. The number of hydrogen-bond donors (Lipinski definition) is 2. The van der Waals surface area contributed by atoms with Crippen LogP contribution in [0.2, 0.25) is 0 Å². The third-order valence-corrected chi connectivity index (χ3v) is 9.45. The summed E-state index contributed by atoms with van der Waals surface area (Å²) in [6.07, 6.45) is 2.68. The molecular formula is C33H43FN4O8. The van der Waals surface area contributed by atoms with Gasteiger partial charge in [-0.3, -0.25) is 14.5 Å². The molecular weight excluding hydrogens is 599 g/mol. The van der Waals surface area contributed by atoms with Gasteiger partial charge in [-0.1, -0.05) is 39.0 Å². The van der Waals surface area contributed by atoms with E-state index in [4.69, 9.17) is 14.2 Å². The van der Waals surface area contributed by atoms with Crippen molar-refractivity contribution >= 4 is 30.0 Å². The number of halogens is 1. The highest BCUT2D eigenvalue weighted by molar-refractivity contribution is 5.96. The van der Waals surface area contributed by atoms with Gasteiger partial charge in [0.1, 0.15) is 35.6 Å². The van der Waals surface area contributed by atoms with Crippen molar-refractivity contribution in [2.24, 2.45) is 11.3 Å². The standard InChI is InChI=1S/C33H43FN4O8/c1-6-20-15-33(20,29(41)44-5)36-27(39)25-14-22(46-31(43)37-16-19-10-9-13-24(34)23(19)18-37)17-38(25)28(40)26(32(2,3)4)35-30(42)45-21-11-7-8-12-21/h6,9-10,13,20-22,25-26H,1,7-8,11-12,14-18H2,2-5H3,(H,35,42)(H,36,39)/t20-,22-,25+,26-,33-/m1/s1. The highest BCUT2D eigenvalue weighted by Crippen LogP contribution is 2.45. The van der Waals surface area contributed by atoms with Crippen LogP contribution in [0.1, 0.15) is 70.4 Å². The summed E-state index contributed by atoms with van der Waals surface area (Å²) in [5.74, 6) is -2.58. The molecule has 4 aliphatic rings. The van der Waals surface area contributed by atoms with Crippen LogP contribution >= 0.6 is 0 Å². The molecule has 5 rings (SSSR count). The van der Waals surface area contributed by atoms with Crippen molar-refractivity contribution in [3.63, 3.8) is 0 Å². The molecule has 4 amide bonds. The average Bonchev–Trinajstić information content (AvgIpc) is 3.42. The van der Waals surface area contributed by atoms with Gasteiger partial charge in [0.2, 0.25) is 11.8 Å². The molecule has 0 spiro atoms. The Hall–Kier alpha value is -4.16. The van der Waals surface area contributed by atoms with Crippen molar-refractivity contribution in [1.82, 2.24) is 20.4 Å². The van der Waals surface area contributed by atoms with E-state index in [9.17, 15) is 28.4 Å². The molecule has 0 radical (unpaired) electrons. The second-order valence-corrected chi connectivity index (χ2v) is 13.7. The first-order chi connectivity index (χ1) is 21.8. The molecule has 1 aromatic rings. The van der Waals surface area contributed by atoms with E-state index in [1.807, 2.05) is 0 Å². The summed E-state index contributed by atoms with van der Waals surface area (Å²) in [4.78, 5) is 69.5. The number of hydrogen-bond acceptors (Lipinski definition) is 8. The number of nitrogens with zero attached hydrogens (tertiary/aromatic N) is 2. The van der Waals surface area contributed by atoms with Gasteiger partial charge in [-0.25, -0.2) is 18.8 Å². The number of carbonyl (C=O) groups excluding carboxylic acids is 5. The first-order valence-electron chi connectivity index (χ1n) is 15.8. The molecule has 3 fully saturated rings. The maximum Gasteiger partial charge on any atom is 0.410 e. The summed E-state index contributed by atoms with van der Waals surface area (Å²) in [6.45, 7) is 9.14. The van der Waals surface area contributed by atoms with Crippen LogP contribution in [0.25, 0.3) is 0 Å². The van der Waals surface area contributed by atoms with E-state index in [1.54, 1.807) is 39.0 Å². The minimum Gasteiger partial charge on any atom is -0.467 e. The number of benzene rings is 1. The fraction of sp³-hybridized carbons (Fsp3) is 0.606. The lowest BCUT2D eigenvalue weighted by Gasteiger charge is -2.35. The molecule has 2 heterocycles. The number of esters is 1. The summed E-state index contributed by atoms with van der Waals surface area (Å²) in [7, 11) is 1.22. The Kier molecular flexibility index (Phi) is 9.33. The van der Waals surface area contributed by atoms with Gasteiger partial charge in [0.15, 0.2) is 0 Å². The van der Waals surface area contributed by atoms with Gasteiger partial charge in [-0.15, -0.1) is 6.58 Å². The van der Waals surface area contributed by atoms with Crippen molar-refractivity contribution in [2.75, 3.05) is 13.7 Å². The van der Waals surface area contributed by atoms with Gasteiger partial charge >= 0.3 is 18.2 Å². The van der Waals surface area contributed by atoms with Crippen LogP contribution in [0.15, 0.2) is 30.9 Å². The van der Waals surface area contributed by atoms with Crippen molar-refractivity contribution in [3.8, 4) is 0 Å². The summed E-state index contributed by atoms with van der Waals surface area (Å²) in [6, 6.07) is 2.43. The van der Waals surface area contributed by atoms with E-state index in [0.717, 1.165) is 25.7 Å². The second-order valence-electron chi connectivity index (χ2n) is 13.7. The number of ether oxygens (including phenoxy) is 3. The molecule has 0 aromatic heterocycles. The monoisotopic (exact) mass is 642 g/mol. The Morgan fingerprint density at radius 1 is 1.09 bits per heavy atom. The van der Waals surface area contributed by atoms with Crippen molar-refractivity contribution in [3.05, 3.63) is 47.8 Å². The summed E-state index contributed by atoms with van der Waals surface area (Å²) in [5.41, 5.74) is -1.01. The first-order valence-corrected chi connectivity index (χ1v) is 15.8. The quantitative estimate of drug-likeness (QED) is 0.249. The smallest absolute Gasteiger partial charge is 0.410 e. The molecule has 0 bridgehead atoms. The lowest BCUT2D eigenvalue weighted by Crippen LogP contribution is -2.59. The molecule has 5 atom stereocenters. The molecule has 1 saturated heterocycles. The molecule has 13 heteroatoms. The van der Waals surface area contributed by atoms with Gasteiger partial charge in [0.25, 0.3) is 0 Å². The van der Waals surface area contributed by atoms with Crippen molar-refractivity contribution in [1.29, 1.82) is 0 Å². The molecule has 46 heavy (non-hydrogen) atoms. The molecule has 2 aliphatic heterocycles. The van der Waals surface area contributed by atoms with Crippen molar-refractivity contribution < 1.29 is 42.6 Å². The van der Waals surface area contributed by atoms with Crippen LogP contribution in [-0.4, -0.2) is 83.3 Å². The molecule has 12 nitrogen and oxygen atoms in total. The fourth-order valence-electron chi connectivity index (χ4n) is 6.71. The number of amides is 4. The number of nitrogens with one attached hydrogen (secondary N) is 2. The number of carbonyl (C=O) groups is 5. The summed E-state index contributed by atoms with van der Waals surface area (Å²) < 4.78 is 30.6. The van der Waals surface area contributed by atoms with Crippen molar-refractivity contribution in [2.45, 2.75) is 102 Å². The Morgan fingerprint density at radius 3 is 2.41 bits per heavy atom. The minimum atomic E-state index is -1.31. The highest BCUT2D eigenvalue weighted by atomic mass is 19.1. The van der Waals surface area contributed by atoms with E-state index in [2.05, 4.69) is 17.2 Å². The zero-order chi connectivity index (χ0) is 33.4. The molecule has 0 unspecified atom stereocenters. The zero-order valence-electron chi connectivity index (χ0n) is 26.8. The van der Waals surface area contributed by atoms with Crippen LogP contribution in [-0.2, 0) is 41.7 Å². The maximum atomic E-state index is 14.3. The van der Waals surface area contributed by atoms with E-state index in [1.165, 1.54) is 23.0 Å². The number of alkyl carbamates (subject to hydrolysis) is 1. The lowest BCUT2D eigenvalue weighted by atomic mass is 9.85. The molecule has 2 N–H and O–H groups in total. The van der Waals surface area contributed by atoms with Gasteiger partial charge in [-0.2, -0.15) is 0 Å². The topological polar surface area (TPSA) is 144 Å². The number of likely N-dealkylation sites (tertiary alicyclic amines) is 1. The van der Waals surface area contributed by atoms with Crippen LogP contribution < -0.4 is 10.6 Å². The van der Waals surface area contributed by atoms with E-state index in [-0.39, 0.29) is 38.1 Å². The van der Waals surface area contributed by atoms with Gasteiger partial charge in [-0.05, 0) is 49.1 Å². The normalized spacial score (nSPS) is 26.2. The second kappa shape index (κ2) is 12.9. The van der Waals surface area contributed by atoms with E-state index >= 15 is 0 Å². The largest absolute Gasteiger partial charge is 0.467 e. The van der Waals surface area contributed by atoms with Crippen LogP contribution in [0.3, 0.4) is 0 Å². The van der Waals surface area contributed by atoms with Gasteiger partial charge in [0.05, 0.1) is 20.2 Å². The van der Waals surface area contributed by atoms with Gasteiger partial charge in [0, 0.05) is 24.4 Å². The van der Waals surface area contributed by atoms with Gasteiger partial charge < -0.3 is 29.7 Å². The predicted octanol–water partition coefficient (Wildman–Crippen LogP) is 3.56. The first kappa shape index (κ1) is 33.2. The lowest BCUT2D eigenvalue weighted by molar-refractivity contribution is -0.148. The Bertz CT molecular complexity index is 1410. The molecule has 2 aliphatic carbocycles. The van der Waals surface area contributed by atoms with Crippen LogP contribution in [0, 0.1) is 17.2 Å². The fourth-order valence-corrected chi connectivity index (χ4v) is 6.71. The molecule has 1 aromatic carbocycles. The Balaban J connectivity index is 1.35. The number of rotatable bonds is 8. The highest BCUT2D eigenvalue weighted by Gasteiger charge is 2.62. The number of fused-ring (bicyclic) bond motifs is 1. The third kappa shape index (κ3) is 6.68. The third-order valence-electron chi connectivity index (χ3n) is 9.45. The summed E-state index contributed by atoms with van der Waals surface area (Å²) >= 11 is 0. The average molecular weight is 643 g/mol. The Morgan fingerprint density at radius 2 is 1.80 bits per heavy atom. The summed E-state index contributed by atoms with van der Waals surface area (Å²) in [5, 5.41) is 5.49. The molecule has 2 saturated carbocycles. The van der Waals surface area contributed by atoms with E-state index in [0.29, 0.717) is 17.5 Å². The maximum absolute atomic E-state index is 14.3. The minimum absolute atomic E-state index is 0.0316. The van der Waals surface area contributed by atoms with Crippen LogP contribution in [0.5, 0.6) is 0 Å². The van der Waals surface area contributed by atoms with Crippen LogP contribution in [0.4, 0.5) is 14.0 Å². The predicted molar refractivity (Wildman–Crippen MR) is 162 cm³/mol. The SMILES string of the molecule is C=C[C@@H]1C[C@]1(NC(=O)[C@@H]1C[C@@H](OC(=O)N2Cc3cccc(F)c3C2)CN1C(=O)[C@@H](NC(=O)OC1CCCC1)C(C)(C)C)C(=O)OC. The Labute approximate surface area is 268 Å². The number of methoxy groups -OCH3 is 1.